The monoisotopic (exact) mass is 438 g/mol. The van der Waals surface area contributed by atoms with E-state index in [2.05, 4.69) is 30.6 Å². The van der Waals surface area contributed by atoms with Crippen molar-refractivity contribution in [3.8, 4) is 0 Å². The molecule has 172 valence electrons. The second-order valence-electron chi connectivity index (χ2n) is 8.63. The Labute approximate surface area is 190 Å². The third-order valence-electron chi connectivity index (χ3n) is 7.00. The number of hydrogen-bond acceptors (Lipinski definition) is 6. The van der Waals surface area contributed by atoms with Crippen LogP contribution in [0.2, 0.25) is 0 Å². The maximum atomic E-state index is 13.6. The molecule has 0 bridgehead atoms. The number of amides is 3. The fourth-order valence-electron chi connectivity index (χ4n) is 4.82. The lowest BCUT2D eigenvalue weighted by atomic mass is 10.1. The summed E-state index contributed by atoms with van der Waals surface area (Å²) in [6.07, 6.45) is 0.151. The van der Waals surface area contributed by atoms with Gasteiger partial charge in [0.1, 0.15) is 0 Å². The molecule has 0 saturated carbocycles. The van der Waals surface area contributed by atoms with Gasteiger partial charge >= 0.3 is 6.03 Å². The SMILES string of the molecule is CCN(CC)CCN1C2=NC3C(C(=O)N(CCc4ccccc4)C(=O)N3C)N2C(C)=C1C. The van der Waals surface area contributed by atoms with Gasteiger partial charge in [-0.05, 0) is 38.9 Å². The lowest BCUT2D eigenvalue weighted by Gasteiger charge is -2.40. The number of urea groups is 1. The van der Waals surface area contributed by atoms with E-state index in [1.165, 1.54) is 4.90 Å². The number of hydrogen-bond donors (Lipinski definition) is 0. The van der Waals surface area contributed by atoms with Crippen molar-refractivity contribution in [1.29, 1.82) is 0 Å². The molecule has 0 aliphatic carbocycles. The average molecular weight is 439 g/mol. The lowest BCUT2D eigenvalue weighted by Crippen LogP contribution is -2.64. The number of likely N-dealkylation sites (N-methyl/N-ethyl adjacent to an activating group) is 2. The fourth-order valence-corrected chi connectivity index (χ4v) is 4.82. The average Bonchev–Trinajstić information content (AvgIpc) is 3.30. The Bertz CT molecular complexity index is 939. The number of imide groups is 1. The minimum Gasteiger partial charge on any atom is -0.313 e. The summed E-state index contributed by atoms with van der Waals surface area (Å²) in [5.41, 5.74) is 3.27. The summed E-state index contributed by atoms with van der Waals surface area (Å²) in [6, 6.07) is 9.18. The summed E-state index contributed by atoms with van der Waals surface area (Å²) in [5, 5.41) is 0. The highest BCUT2D eigenvalue weighted by Crippen LogP contribution is 2.37. The summed E-state index contributed by atoms with van der Waals surface area (Å²) in [7, 11) is 1.75. The third-order valence-corrected chi connectivity index (χ3v) is 7.00. The normalized spacial score (nSPS) is 22.9. The van der Waals surface area contributed by atoms with E-state index in [0.29, 0.717) is 13.0 Å². The molecule has 1 saturated heterocycles. The summed E-state index contributed by atoms with van der Waals surface area (Å²) < 4.78 is 0. The maximum absolute atomic E-state index is 13.6. The van der Waals surface area contributed by atoms with Gasteiger partial charge in [-0.2, -0.15) is 0 Å². The first kappa shape index (κ1) is 22.3. The van der Waals surface area contributed by atoms with Gasteiger partial charge in [-0.15, -0.1) is 0 Å². The molecule has 0 radical (unpaired) electrons. The molecule has 8 heteroatoms. The van der Waals surface area contributed by atoms with Crippen LogP contribution in [0.25, 0.3) is 0 Å². The van der Waals surface area contributed by atoms with Crippen LogP contribution in [0.5, 0.6) is 0 Å². The number of aliphatic imine (C=N–C) groups is 1. The van der Waals surface area contributed by atoms with Crippen molar-refractivity contribution in [2.75, 3.05) is 39.8 Å². The molecule has 3 heterocycles. The van der Waals surface area contributed by atoms with Crippen LogP contribution < -0.4 is 0 Å². The molecule has 2 atom stereocenters. The molecule has 3 aliphatic rings. The highest BCUT2D eigenvalue weighted by atomic mass is 16.2. The number of guanidine groups is 1. The van der Waals surface area contributed by atoms with E-state index in [1.807, 2.05) is 42.2 Å². The first-order chi connectivity index (χ1) is 15.4. The van der Waals surface area contributed by atoms with Crippen molar-refractivity contribution in [2.24, 2.45) is 4.99 Å². The third kappa shape index (κ3) is 3.66. The number of carbonyl (C=O) groups is 2. The maximum Gasteiger partial charge on any atom is 0.328 e. The number of carbonyl (C=O) groups excluding carboxylic acids is 2. The van der Waals surface area contributed by atoms with E-state index in [9.17, 15) is 9.59 Å². The number of fused-ring (bicyclic) bond motifs is 3. The lowest BCUT2D eigenvalue weighted by molar-refractivity contribution is -0.136. The molecule has 1 aromatic rings. The molecule has 0 aromatic heterocycles. The van der Waals surface area contributed by atoms with Crippen molar-refractivity contribution >= 4 is 17.9 Å². The second-order valence-corrected chi connectivity index (χ2v) is 8.63. The van der Waals surface area contributed by atoms with Crippen LogP contribution >= 0.6 is 0 Å². The zero-order valence-electron chi connectivity index (χ0n) is 19.8. The van der Waals surface area contributed by atoms with Crippen LogP contribution in [-0.2, 0) is 11.2 Å². The minimum absolute atomic E-state index is 0.162. The quantitative estimate of drug-likeness (QED) is 0.624. The summed E-state index contributed by atoms with van der Waals surface area (Å²) in [4.78, 5) is 41.1. The van der Waals surface area contributed by atoms with Crippen molar-refractivity contribution in [2.45, 2.75) is 46.3 Å². The Morgan fingerprint density at radius 3 is 2.31 bits per heavy atom. The molecule has 3 aliphatic heterocycles. The predicted molar refractivity (Wildman–Crippen MR) is 125 cm³/mol. The molecular weight excluding hydrogens is 404 g/mol. The zero-order chi connectivity index (χ0) is 23.0. The van der Waals surface area contributed by atoms with Crippen molar-refractivity contribution in [1.82, 2.24) is 24.5 Å². The van der Waals surface area contributed by atoms with E-state index in [1.54, 1.807) is 11.9 Å². The summed E-state index contributed by atoms with van der Waals surface area (Å²) >= 11 is 0. The molecule has 8 nitrogen and oxygen atoms in total. The molecule has 32 heavy (non-hydrogen) atoms. The summed E-state index contributed by atoms with van der Waals surface area (Å²) in [6.45, 7) is 12.6. The topological polar surface area (TPSA) is 62.7 Å². The number of rotatable bonds is 8. The van der Waals surface area contributed by atoms with Crippen LogP contribution in [0.1, 0.15) is 33.3 Å². The Morgan fingerprint density at radius 2 is 1.66 bits per heavy atom. The Balaban J connectivity index is 1.55. The van der Waals surface area contributed by atoms with Crippen LogP contribution in [0.3, 0.4) is 0 Å². The van der Waals surface area contributed by atoms with Gasteiger partial charge in [0.15, 0.2) is 12.2 Å². The fraction of sp³-hybridized carbons (Fsp3) is 0.542. The first-order valence-corrected chi connectivity index (χ1v) is 11.6. The van der Waals surface area contributed by atoms with Crippen molar-refractivity contribution in [3.63, 3.8) is 0 Å². The first-order valence-electron chi connectivity index (χ1n) is 11.6. The van der Waals surface area contributed by atoms with Gasteiger partial charge in [-0.25, -0.2) is 9.79 Å². The number of benzene rings is 1. The molecule has 4 rings (SSSR count). The number of allylic oxidation sites excluding steroid dienone is 2. The van der Waals surface area contributed by atoms with Gasteiger partial charge in [0.25, 0.3) is 5.91 Å². The van der Waals surface area contributed by atoms with E-state index >= 15 is 0 Å². The highest BCUT2D eigenvalue weighted by molar-refractivity contribution is 6.05. The van der Waals surface area contributed by atoms with E-state index in [-0.39, 0.29) is 11.9 Å². The zero-order valence-corrected chi connectivity index (χ0v) is 19.8. The van der Waals surface area contributed by atoms with Gasteiger partial charge in [0, 0.05) is 38.1 Å². The molecule has 3 amide bonds. The van der Waals surface area contributed by atoms with Gasteiger partial charge in [0.2, 0.25) is 5.96 Å². The standard InChI is InChI=1S/C24H34N6O2/c1-6-27(7-2)15-16-28-17(3)18(4)30-20-21(25-23(28)30)26(5)24(32)29(22(20)31)14-13-19-11-9-8-10-12-19/h8-12,20-21H,6-7,13-16H2,1-5H3. The van der Waals surface area contributed by atoms with Gasteiger partial charge in [-0.1, -0.05) is 44.2 Å². The Kier molecular flexibility index (Phi) is 6.24. The van der Waals surface area contributed by atoms with E-state index in [4.69, 9.17) is 4.99 Å². The largest absolute Gasteiger partial charge is 0.328 e. The minimum atomic E-state index is -0.503. The van der Waals surface area contributed by atoms with Crippen molar-refractivity contribution in [3.05, 3.63) is 47.3 Å². The molecule has 2 unspecified atom stereocenters. The molecule has 1 aromatic carbocycles. The highest BCUT2D eigenvalue weighted by Gasteiger charge is 2.55. The molecule has 0 spiro atoms. The Morgan fingerprint density at radius 1 is 0.969 bits per heavy atom. The van der Waals surface area contributed by atoms with Crippen LogP contribution in [-0.4, -0.2) is 94.4 Å². The second kappa shape index (κ2) is 8.94. The van der Waals surface area contributed by atoms with Crippen LogP contribution in [0.4, 0.5) is 4.79 Å². The molecule has 0 N–H and O–H groups in total. The van der Waals surface area contributed by atoms with Crippen molar-refractivity contribution < 1.29 is 9.59 Å². The van der Waals surface area contributed by atoms with Gasteiger partial charge in [0.05, 0.1) is 0 Å². The number of nitrogens with zero attached hydrogens (tertiary/aromatic N) is 6. The molecular formula is C24H34N6O2. The van der Waals surface area contributed by atoms with E-state index < -0.39 is 12.2 Å². The van der Waals surface area contributed by atoms with Gasteiger partial charge < -0.3 is 14.7 Å². The van der Waals surface area contributed by atoms with Crippen LogP contribution in [0, 0.1) is 0 Å². The predicted octanol–water partition coefficient (Wildman–Crippen LogP) is 2.40. The van der Waals surface area contributed by atoms with Gasteiger partial charge in [-0.3, -0.25) is 14.6 Å². The van der Waals surface area contributed by atoms with E-state index in [0.717, 1.165) is 49.1 Å². The molecule has 1 fully saturated rings. The smallest absolute Gasteiger partial charge is 0.313 e. The summed E-state index contributed by atoms with van der Waals surface area (Å²) in [5.74, 6) is 0.630. The van der Waals surface area contributed by atoms with Crippen LogP contribution in [0.15, 0.2) is 46.7 Å². The Hall–Kier alpha value is -2.87.